The van der Waals surface area contributed by atoms with Gasteiger partial charge in [0.2, 0.25) is 0 Å². The number of nitrogens with two attached hydrogens (primary N) is 1. The summed E-state index contributed by atoms with van der Waals surface area (Å²) in [5, 5.41) is 9.17. The van der Waals surface area contributed by atoms with Gasteiger partial charge in [0.05, 0.1) is 12.1 Å². The first-order valence-electron chi connectivity index (χ1n) is 8.46. The molecular formula is C17H29N3O2. The Kier molecular flexibility index (Phi) is 5.33. The monoisotopic (exact) mass is 307 g/mol. The number of ether oxygens (including phenoxy) is 1. The van der Waals surface area contributed by atoms with Gasteiger partial charge in [-0.3, -0.25) is 0 Å². The summed E-state index contributed by atoms with van der Waals surface area (Å²) in [5.41, 5.74) is 5.42. The van der Waals surface area contributed by atoms with Crippen molar-refractivity contribution in [1.29, 1.82) is 5.26 Å². The number of rotatable bonds is 2. The van der Waals surface area contributed by atoms with E-state index in [-0.39, 0.29) is 12.1 Å². The van der Waals surface area contributed by atoms with Gasteiger partial charge in [0, 0.05) is 6.54 Å². The topological polar surface area (TPSA) is 79.3 Å². The molecule has 1 saturated heterocycles. The molecule has 0 aromatic carbocycles. The van der Waals surface area contributed by atoms with Gasteiger partial charge < -0.3 is 15.4 Å². The highest BCUT2D eigenvalue weighted by atomic mass is 16.6. The lowest BCUT2D eigenvalue weighted by atomic mass is 9.79. The second-order valence-electron chi connectivity index (χ2n) is 7.75. The maximum atomic E-state index is 12.5. The summed E-state index contributed by atoms with van der Waals surface area (Å²) in [5.74, 6) is 1.12. The van der Waals surface area contributed by atoms with Crippen LogP contribution in [0.25, 0.3) is 0 Å². The SMILES string of the molecule is CC(C)(C)OC(=O)N1C[C@H](C2CCCCC2)C[C@H]1C(N)C#N. The summed E-state index contributed by atoms with van der Waals surface area (Å²) in [6.45, 7) is 6.26. The first kappa shape index (κ1) is 17.1. The van der Waals surface area contributed by atoms with E-state index < -0.39 is 11.6 Å². The lowest BCUT2D eigenvalue weighted by Gasteiger charge is -2.29. The van der Waals surface area contributed by atoms with E-state index in [2.05, 4.69) is 6.07 Å². The minimum absolute atomic E-state index is 0.216. The third-order valence-electron chi connectivity index (χ3n) is 4.88. The largest absolute Gasteiger partial charge is 0.444 e. The van der Waals surface area contributed by atoms with Crippen LogP contribution in [-0.2, 0) is 4.74 Å². The molecule has 0 radical (unpaired) electrons. The molecule has 1 amide bonds. The van der Waals surface area contributed by atoms with Crippen LogP contribution in [0.2, 0.25) is 0 Å². The van der Waals surface area contributed by atoms with E-state index in [1.807, 2.05) is 20.8 Å². The Bertz CT molecular complexity index is 432. The molecule has 2 aliphatic rings. The summed E-state index contributed by atoms with van der Waals surface area (Å²) in [7, 11) is 0. The highest BCUT2D eigenvalue weighted by Gasteiger charge is 2.43. The van der Waals surface area contributed by atoms with E-state index in [1.165, 1.54) is 32.1 Å². The van der Waals surface area contributed by atoms with Gasteiger partial charge in [0.15, 0.2) is 0 Å². The number of nitrogens with zero attached hydrogens (tertiary/aromatic N) is 2. The standard InChI is InChI=1S/C17H29N3O2/c1-17(2,3)22-16(21)20-11-13(9-15(20)14(19)10-18)12-7-5-4-6-8-12/h12-15H,4-9,11,19H2,1-3H3/t13-,14?,15+/m1/s1. The predicted octanol–water partition coefficient (Wildman–Crippen LogP) is 3.04. The van der Waals surface area contributed by atoms with Crippen LogP contribution >= 0.6 is 0 Å². The summed E-state index contributed by atoms with van der Waals surface area (Å²) >= 11 is 0. The normalized spacial score (nSPS) is 28.2. The Hall–Kier alpha value is -1.28. The first-order valence-corrected chi connectivity index (χ1v) is 8.46. The van der Waals surface area contributed by atoms with Gasteiger partial charge >= 0.3 is 6.09 Å². The zero-order valence-corrected chi connectivity index (χ0v) is 14.0. The highest BCUT2D eigenvalue weighted by molar-refractivity contribution is 5.69. The zero-order valence-electron chi connectivity index (χ0n) is 14.0. The Morgan fingerprint density at radius 1 is 1.27 bits per heavy atom. The van der Waals surface area contributed by atoms with Crippen LogP contribution in [0.15, 0.2) is 0 Å². The maximum absolute atomic E-state index is 12.5. The van der Waals surface area contributed by atoms with E-state index in [4.69, 9.17) is 10.5 Å². The molecule has 1 unspecified atom stereocenters. The van der Waals surface area contributed by atoms with Crippen molar-refractivity contribution in [2.45, 2.75) is 77.0 Å². The molecule has 5 nitrogen and oxygen atoms in total. The minimum atomic E-state index is -0.638. The molecule has 22 heavy (non-hydrogen) atoms. The fourth-order valence-electron chi connectivity index (χ4n) is 3.80. The molecule has 1 aliphatic heterocycles. The van der Waals surface area contributed by atoms with E-state index in [0.29, 0.717) is 18.4 Å². The van der Waals surface area contributed by atoms with Crippen molar-refractivity contribution in [3.63, 3.8) is 0 Å². The van der Waals surface area contributed by atoms with Crippen LogP contribution in [0.3, 0.4) is 0 Å². The number of amides is 1. The van der Waals surface area contributed by atoms with Gasteiger partial charge in [0.25, 0.3) is 0 Å². The van der Waals surface area contributed by atoms with Crippen molar-refractivity contribution in [1.82, 2.24) is 4.90 Å². The summed E-state index contributed by atoms with van der Waals surface area (Å²) < 4.78 is 5.50. The lowest BCUT2D eigenvalue weighted by Crippen LogP contribution is -2.47. The number of carbonyl (C=O) groups excluding carboxylic acids is 1. The van der Waals surface area contributed by atoms with Crippen LogP contribution in [0, 0.1) is 23.2 Å². The molecule has 1 heterocycles. The van der Waals surface area contributed by atoms with E-state index in [1.54, 1.807) is 4.90 Å². The van der Waals surface area contributed by atoms with Crippen molar-refractivity contribution in [3.05, 3.63) is 0 Å². The van der Waals surface area contributed by atoms with Gasteiger partial charge in [-0.25, -0.2) is 4.79 Å². The van der Waals surface area contributed by atoms with E-state index >= 15 is 0 Å². The molecule has 1 saturated carbocycles. The smallest absolute Gasteiger partial charge is 0.410 e. The van der Waals surface area contributed by atoms with Crippen LogP contribution < -0.4 is 5.73 Å². The Morgan fingerprint density at radius 3 is 2.45 bits per heavy atom. The molecule has 2 rings (SSSR count). The molecule has 2 N–H and O–H groups in total. The molecule has 0 spiro atoms. The molecule has 124 valence electrons. The van der Waals surface area contributed by atoms with E-state index in [9.17, 15) is 10.1 Å². The third kappa shape index (κ3) is 4.13. The van der Waals surface area contributed by atoms with Gasteiger partial charge in [-0.2, -0.15) is 5.26 Å². The lowest BCUT2D eigenvalue weighted by molar-refractivity contribution is 0.0209. The predicted molar refractivity (Wildman–Crippen MR) is 85.0 cm³/mol. The number of hydrogen-bond acceptors (Lipinski definition) is 4. The quantitative estimate of drug-likeness (QED) is 0.850. The second kappa shape index (κ2) is 6.87. The Labute approximate surface area is 133 Å². The minimum Gasteiger partial charge on any atom is -0.444 e. The average Bonchev–Trinajstić information content (AvgIpc) is 2.91. The van der Waals surface area contributed by atoms with Gasteiger partial charge in [-0.15, -0.1) is 0 Å². The fraction of sp³-hybridized carbons (Fsp3) is 0.882. The van der Waals surface area contributed by atoms with Crippen molar-refractivity contribution >= 4 is 6.09 Å². The van der Waals surface area contributed by atoms with Crippen molar-refractivity contribution < 1.29 is 9.53 Å². The van der Waals surface area contributed by atoms with Crippen LogP contribution in [0.1, 0.15) is 59.3 Å². The summed E-state index contributed by atoms with van der Waals surface area (Å²) in [4.78, 5) is 14.2. The van der Waals surface area contributed by atoms with Crippen LogP contribution in [0.4, 0.5) is 4.79 Å². The number of carbonyl (C=O) groups is 1. The van der Waals surface area contributed by atoms with Crippen LogP contribution in [-0.4, -0.2) is 35.2 Å². The van der Waals surface area contributed by atoms with Gasteiger partial charge in [-0.05, 0) is 39.0 Å². The van der Waals surface area contributed by atoms with Crippen molar-refractivity contribution in [2.75, 3.05) is 6.54 Å². The average molecular weight is 307 g/mol. The van der Waals surface area contributed by atoms with Crippen LogP contribution in [0.5, 0.6) is 0 Å². The molecule has 2 fully saturated rings. The summed E-state index contributed by atoms with van der Waals surface area (Å²) in [6.07, 6.45) is 6.86. The molecular weight excluding hydrogens is 278 g/mol. The summed E-state index contributed by atoms with van der Waals surface area (Å²) in [6, 6.07) is 1.25. The molecule has 1 aliphatic carbocycles. The van der Waals surface area contributed by atoms with Crippen molar-refractivity contribution in [3.8, 4) is 6.07 Å². The van der Waals surface area contributed by atoms with Gasteiger partial charge in [0.1, 0.15) is 11.6 Å². The van der Waals surface area contributed by atoms with E-state index in [0.717, 1.165) is 6.42 Å². The zero-order chi connectivity index (χ0) is 16.3. The third-order valence-corrected chi connectivity index (χ3v) is 4.88. The number of likely N-dealkylation sites (tertiary alicyclic amines) is 1. The Balaban J connectivity index is 2.08. The Morgan fingerprint density at radius 2 is 1.91 bits per heavy atom. The first-order chi connectivity index (χ1) is 10.3. The molecule has 0 aromatic rings. The van der Waals surface area contributed by atoms with Gasteiger partial charge in [-0.1, -0.05) is 32.1 Å². The van der Waals surface area contributed by atoms with Crippen molar-refractivity contribution in [2.24, 2.45) is 17.6 Å². The maximum Gasteiger partial charge on any atom is 0.410 e. The molecule has 0 aromatic heterocycles. The number of nitriles is 1. The fourth-order valence-corrected chi connectivity index (χ4v) is 3.80. The number of hydrogen-bond donors (Lipinski definition) is 1. The second-order valence-corrected chi connectivity index (χ2v) is 7.75. The highest BCUT2D eigenvalue weighted by Crippen LogP contribution is 2.38. The molecule has 0 bridgehead atoms. The molecule has 3 atom stereocenters. The molecule has 5 heteroatoms.